The van der Waals surface area contributed by atoms with Gasteiger partial charge in [0.1, 0.15) is 0 Å². The van der Waals surface area contributed by atoms with Gasteiger partial charge >= 0.3 is 95.7 Å². The molecule has 0 radical (unpaired) electrons. The minimum atomic E-state index is -4.61. The van der Waals surface area contributed by atoms with Crippen molar-refractivity contribution >= 4 is 95.7 Å². The van der Waals surface area contributed by atoms with Crippen molar-refractivity contribution in [1.82, 2.24) is 0 Å². The first-order chi connectivity index (χ1) is 2.00. The van der Waals surface area contributed by atoms with E-state index in [2.05, 4.69) is 0 Å². The van der Waals surface area contributed by atoms with Gasteiger partial charge in [-0.1, -0.05) is 0 Å². The van der Waals surface area contributed by atoms with Gasteiger partial charge in [-0.2, -0.15) is 0 Å². The SMILES string of the molecule is O[Si](O)(O)O.[BaH2].[CaH2]. The molecule has 0 atom stereocenters. The zero-order valence-corrected chi connectivity index (χ0v) is 3.29. The van der Waals surface area contributed by atoms with Crippen molar-refractivity contribution in [3.05, 3.63) is 0 Å². The molecule has 0 bridgehead atoms. The Morgan fingerprint density at radius 3 is 0.857 bits per heavy atom. The summed E-state index contributed by atoms with van der Waals surface area (Å²) in [4.78, 5) is 29.3. The van der Waals surface area contributed by atoms with Crippen molar-refractivity contribution in [2.75, 3.05) is 0 Å². The summed E-state index contributed by atoms with van der Waals surface area (Å²) in [7, 11) is -4.61. The normalized spacial score (nSPS) is 8.57. The summed E-state index contributed by atoms with van der Waals surface area (Å²) in [6.07, 6.45) is 0. The Morgan fingerprint density at radius 1 is 0.857 bits per heavy atom. The summed E-state index contributed by atoms with van der Waals surface area (Å²) in [5.74, 6) is 0. The Hall–Kier alpha value is 2.89. The molecule has 0 fully saturated rings. The Bertz CT molecular complexity index is 27.2. The van der Waals surface area contributed by atoms with E-state index in [0.717, 1.165) is 0 Å². The second kappa shape index (κ2) is 7.00. The molecule has 0 saturated carbocycles. The van der Waals surface area contributed by atoms with Gasteiger partial charge in [-0.05, 0) is 0 Å². The fourth-order valence-corrected chi connectivity index (χ4v) is 0. The third-order valence-electron chi connectivity index (χ3n) is 0. The fourth-order valence-electron chi connectivity index (χ4n) is 0. The number of hydrogen-bond acceptors (Lipinski definition) is 4. The molecule has 4 N–H and O–H groups in total. The van der Waals surface area contributed by atoms with Crippen LogP contribution in [0.2, 0.25) is 0 Å². The number of hydrogen-bond donors (Lipinski definition) is 4. The zero-order chi connectivity index (χ0) is 4.50. The molecule has 0 unspecified atom stereocenters. The van der Waals surface area contributed by atoms with E-state index in [0.29, 0.717) is 0 Å². The second-order valence-corrected chi connectivity index (χ2v) is 1.80. The van der Waals surface area contributed by atoms with Gasteiger partial charge in [-0.25, -0.2) is 0 Å². The third kappa shape index (κ3) is 50.6. The number of rotatable bonds is 0. The molecule has 0 heterocycles. The van der Waals surface area contributed by atoms with Crippen LogP contribution in [0.4, 0.5) is 0 Å². The summed E-state index contributed by atoms with van der Waals surface area (Å²) >= 11 is 0. The summed E-state index contributed by atoms with van der Waals surface area (Å²) in [5.41, 5.74) is 0. The maximum absolute atomic E-state index is 7.33. The molecular formula is H8BaCaO4Si. The first kappa shape index (κ1) is 16.5. The molecule has 0 amide bonds. The van der Waals surface area contributed by atoms with Crippen LogP contribution in [0.5, 0.6) is 0 Å². The average molecular weight is 278 g/mol. The molecule has 0 rings (SSSR count). The van der Waals surface area contributed by atoms with Crippen LogP contribution in [-0.2, 0) is 0 Å². The third-order valence-corrected chi connectivity index (χ3v) is 0. The molecule has 0 spiro atoms. The predicted octanol–water partition coefficient (Wildman–Crippen LogP) is -4.44. The summed E-state index contributed by atoms with van der Waals surface area (Å²) in [6.45, 7) is 0. The molecule has 0 aliphatic rings. The van der Waals surface area contributed by atoms with Crippen molar-refractivity contribution in [2.45, 2.75) is 0 Å². The van der Waals surface area contributed by atoms with Gasteiger partial charge in [-0.15, -0.1) is 0 Å². The van der Waals surface area contributed by atoms with Crippen LogP contribution in [0.1, 0.15) is 0 Å². The van der Waals surface area contributed by atoms with Crippen LogP contribution < -0.4 is 0 Å². The monoisotopic (exact) mass is 278 g/mol. The summed E-state index contributed by atoms with van der Waals surface area (Å²) < 4.78 is 0. The molecular weight excluding hydrogens is 269 g/mol. The summed E-state index contributed by atoms with van der Waals surface area (Å²) in [5, 5.41) is 0. The van der Waals surface area contributed by atoms with Crippen molar-refractivity contribution < 1.29 is 19.2 Å². The van der Waals surface area contributed by atoms with E-state index in [1.54, 1.807) is 0 Å². The zero-order valence-electron chi connectivity index (χ0n) is 2.29. The van der Waals surface area contributed by atoms with Gasteiger partial charge in [0.2, 0.25) is 0 Å². The van der Waals surface area contributed by atoms with Gasteiger partial charge in [0.05, 0.1) is 0 Å². The maximum atomic E-state index is 7.33. The van der Waals surface area contributed by atoms with E-state index in [-0.39, 0.29) is 86.6 Å². The van der Waals surface area contributed by atoms with Crippen LogP contribution in [0.25, 0.3) is 0 Å². The molecule has 0 saturated heterocycles. The van der Waals surface area contributed by atoms with Crippen LogP contribution in [0.3, 0.4) is 0 Å². The Balaban J connectivity index is -0.0000000800. The molecule has 0 aliphatic heterocycles. The van der Waals surface area contributed by atoms with E-state index in [9.17, 15) is 0 Å². The molecule has 0 aliphatic carbocycles. The van der Waals surface area contributed by atoms with E-state index in [4.69, 9.17) is 19.2 Å². The minimum absolute atomic E-state index is 0. The molecule has 7 heteroatoms. The Morgan fingerprint density at radius 2 is 0.857 bits per heavy atom. The van der Waals surface area contributed by atoms with Gasteiger partial charge < -0.3 is 19.2 Å². The van der Waals surface area contributed by atoms with Crippen molar-refractivity contribution in [3.63, 3.8) is 0 Å². The standard InChI is InChI=1S/Ba.Ca.H4O4Si.4H/c;;1-5(2,3)4;;;;/h;;1-4H;;;;. The van der Waals surface area contributed by atoms with E-state index in [1.165, 1.54) is 0 Å². The topological polar surface area (TPSA) is 80.9 Å². The van der Waals surface area contributed by atoms with Crippen LogP contribution in [0.15, 0.2) is 0 Å². The molecule has 0 aromatic heterocycles. The van der Waals surface area contributed by atoms with E-state index >= 15 is 0 Å². The Labute approximate surface area is 112 Å². The van der Waals surface area contributed by atoms with Gasteiger partial charge in [-0.3, -0.25) is 0 Å². The summed E-state index contributed by atoms with van der Waals surface area (Å²) in [6, 6.07) is 0. The van der Waals surface area contributed by atoms with Gasteiger partial charge in [0.25, 0.3) is 0 Å². The fraction of sp³-hybridized carbons (Fsp3) is 0. The van der Waals surface area contributed by atoms with Gasteiger partial charge in [0, 0.05) is 0 Å². The van der Waals surface area contributed by atoms with Crippen molar-refractivity contribution in [2.24, 2.45) is 0 Å². The first-order valence-electron chi connectivity index (χ1n) is 0.894. The molecule has 40 valence electrons. The predicted molar refractivity (Wildman–Crippen MR) is 31.7 cm³/mol. The van der Waals surface area contributed by atoms with Crippen LogP contribution in [-0.4, -0.2) is 115 Å². The van der Waals surface area contributed by atoms with Crippen molar-refractivity contribution in [1.29, 1.82) is 0 Å². The van der Waals surface area contributed by atoms with E-state index in [1.807, 2.05) is 0 Å². The second-order valence-electron chi connectivity index (χ2n) is 0.600. The average Bonchev–Trinajstić information content (AvgIpc) is 0.722. The quantitative estimate of drug-likeness (QED) is 0.337. The first-order valence-corrected chi connectivity index (χ1v) is 2.68. The molecule has 0 aromatic carbocycles. The molecule has 4 nitrogen and oxygen atoms in total. The Kier molecular flexibility index (Phi) is 16.5. The molecule has 0 aromatic rings. The van der Waals surface area contributed by atoms with Crippen LogP contribution in [0, 0.1) is 0 Å². The van der Waals surface area contributed by atoms with E-state index < -0.39 is 9.05 Å². The molecule has 7 heavy (non-hydrogen) atoms. The van der Waals surface area contributed by atoms with Crippen molar-refractivity contribution in [3.8, 4) is 0 Å². The van der Waals surface area contributed by atoms with Gasteiger partial charge in [0.15, 0.2) is 0 Å². The van der Waals surface area contributed by atoms with Crippen LogP contribution >= 0.6 is 0 Å².